The SMILES string of the molecule is Fc1ccc(N2C(=S)N[C@H](c3ccccn3)[C@H]2c2cccn2-c2ccncc2)cc1. The quantitative estimate of drug-likeness (QED) is 0.494. The van der Waals surface area contributed by atoms with E-state index in [1.807, 2.05) is 47.5 Å². The second kappa shape index (κ2) is 7.68. The van der Waals surface area contributed by atoms with Gasteiger partial charge in [-0.1, -0.05) is 6.07 Å². The summed E-state index contributed by atoms with van der Waals surface area (Å²) in [6, 6.07) is 19.9. The van der Waals surface area contributed by atoms with E-state index in [1.165, 1.54) is 12.1 Å². The summed E-state index contributed by atoms with van der Waals surface area (Å²) in [5, 5.41) is 4.00. The summed E-state index contributed by atoms with van der Waals surface area (Å²) in [7, 11) is 0. The molecular formula is C23H18FN5S. The van der Waals surface area contributed by atoms with Crippen LogP contribution in [0.25, 0.3) is 5.69 Å². The van der Waals surface area contributed by atoms with E-state index in [2.05, 4.69) is 25.9 Å². The Kier molecular flexibility index (Phi) is 4.72. The highest BCUT2D eigenvalue weighted by Crippen LogP contribution is 2.42. The maximum absolute atomic E-state index is 13.6. The molecule has 0 bridgehead atoms. The average Bonchev–Trinajstić information content (AvgIpc) is 3.40. The summed E-state index contributed by atoms with van der Waals surface area (Å²) in [5.41, 5.74) is 3.74. The lowest BCUT2D eigenvalue weighted by Crippen LogP contribution is -2.30. The molecule has 2 atom stereocenters. The van der Waals surface area contributed by atoms with Crippen molar-refractivity contribution in [3.63, 3.8) is 0 Å². The molecule has 1 fully saturated rings. The van der Waals surface area contributed by atoms with Crippen molar-refractivity contribution in [3.05, 3.63) is 109 Å². The Morgan fingerprint density at radius 2 is 1.67 bits per heavy atom. The van der Waals surface area contributed by atoms with Crippen LogP contribution >= 0.6 is 12.2 Å². The molecule has 1 N–H and O–H groups in total. The first-order valence-corrected chi connectivity index (χ1v) is 9.97. The number of halogens is 1. The Hall–Kier alpha value is -3.58. The molecule has 30 heavy (non-hydrogen) atoms. The van der Waals surface area contributed by atoms with Crippen LogP contribution in [-0.2, 0) is 0 Å². The lowest BCUT2D eigenvalue weighted by atomic mass is 10.0. The molecular weight excluding hydrogens is 397 g/mol. The van der Waals surface area contributed by atoms with Crippen LogP contribution in [0, 0.1) is 5.82 Å². The minimum atomic E-state index is -0.283. The molecule has 5 nitrogen and oxygen atoms in total. The van der Waals surface area contributed by atoms with Gasteiger partial charge in [0, 0.05) is 41.9 Å². The van der Waals surface area contributed by atoms with Crippen LogP contribution < -0.4 is 10.2 Å². The van der Waals surface area contributed by atoms with E-state index in [1.54, 1.807) is 30.7 Å². The Morgan fingerprint density at radius 1 is 0.867 bits per heavy atom. The Bertz CT molecular complexity index is 1160. The molecule has 0 unspecified atom stereocenters. The monoisotopic (exact) mass is 415 g/mol. The first kappa shape index (κ1) is 18.4. The number of pyridine rings is 2. The fraction of sp³-hybridized carbons (Fsp3) is 0.0870. The van der Waals surface area contributed by atoms with Crippen LogP contribution in [0.15, 0.2) is 91.5 Å². The lowest BCUT2D eigenvalue weighted by Gasteiger charge is -2.29. The van der Waals surface area contributed by atoms with Gasteiger partial charge in [-0.05, 0) is 72.9 Å². The van der Waals surface area contributed by atoms with Crippen molar-refractivity contribution in [2.75, 3.05) is 4.90 Å². The van der Waals surface area contributed by atoms with Crippen molar-refractivity contribution in [1.82, 2.24) is 19.9 Å². The number of rotatable bonds is 4. The Morgan fingerprint density at radius 3 is 2.40 bits per heavy atom. The first-order chi connectivity index (χ1) is 14.7. The summed E-state index contributed by atoms with van der Waals surface area (Å²) in [6.07, 6.45) is 7.33. The van der Waals surface area contributed by atoms with Gasteiger partial charge in [0.15, 0.2) is 5.11 Å². The van der Waals surface area contributed by atoms with Crippen molar-refractivity contribution < 1.29 is 4.39 Å². The van der Waals surface area contributed by atoms with Gasteiger partial charge in [-0.3, -0.25) is 9.97 Å². The molecule has 0 radical (unpaired) electrons. The molecule has 1 aliphatic heterocycles. The van der Waals surface area contributed by atoms with Crippen molar-refractivity contribution >= 4 is 23.0 Å². The van der Waals surface area contributed by atoms with Gasteiger partial charge in [-0.2, -0.15) is 0 Å². The molecule has 4 heterocycles. The summed E-state index contributed by atoms with van der Waals surface area (Å²) in [5.74, 6) is -0.283. The van der Waals surface area contributed by atoms with Crippen LogP contribution in [0.2, 0.25) is 0 Å². The van der Waals surface area contributed by atoms with Crippen molar-refractivity contribution in [2.45, 2.75) is 12.1 Å². The van der Waals surface area contributed by atoms with Gasteiger partial charge < -0.3 is 14.8 Å². The smallest absolute Gasteiger partial charge is 0.174 e. The minimum Gasteiger partial charge on any atom is -0.351 e. The van der Waals surface area contributed by atoms with Crippen molar-refractivity contribution in [2.24, 2.45) is 0 Å². The Balaban J connectivity index is 1.67. The average molecular weight is 415 g/mol. The highest BCUT2D eigenvalue weighted by atomic mass is 32.1. The number of thiocarbonyl (C=S) groups is 1. The maximum Gasteiger partial charge on any atom is 0.174 e. The zero-order chi connectivity index (χ0) is 20.5. The number of hydrogen-bond donors (Lipinski definition) is 1. The van der Waals surface area contributed by atoms with Gasteiger partial charge in [-0.25, -0.2) is 4.39 Å². The molecule has 1 saturated heterocycles. The van der Waals surface area contributed by atoms with Gasteiger partial charge in [0.05, 0.1) is 11.7 Å². The van der Waals surface area contributed by atoms with Crippen LogP contribution in [0.1, 0.15) is 23.5 Å². The maximum atomic E-state index is 13.6. The number of nitrogens with zero attached hydrogens (tertiary/aromatic N) is 4. The van der Waals surface area contributed by atoms with Crippen LogP contribution in [0.4, 0.5) is 10.1 Å². The third kappa shape index (κ3) is 3.23. The van der Waals surface area contributed by atoms with Crippen molar-refractivity contribution in [3.8, 4) is 5.69 Å². The number of anilines is 1. The number of benzene rings is 1. The van der Waals surface area contributed by atoms with E-state index in [9.17, 15) is 4.39 Å². The first-order valence-electron chi connectivity index (χ1n) is 9.56. The molecule has 1 aliphatic rings. The third-order valence-electron chi connectivity index (χ3n) is 5.23. The fourth-order valence-corrected chi connectivity index (χ4v) is 4.26. The number of nitrogens with one attached hydrogen (secondary N) is 1. The molecule has 1 aromatic carbocycles. The molecule has 0 aliphatic carbocycles. The summed E-state index contributed by atoms with van der Waals surface area (Å²) in [6.45, 7) is 0. The van der Waals surface area contributed by atoms with E-state index in [-0.39, 0.29) is 17.9 Å². The normalized spacial score (nSPS) is 18.4. The van der Waals surface area contributed by atoms with E-state index in [0.717, 1.165) is 22.8 Å². The van der Waals surface area contributed by atoms with E-state index < -0.39 is 0 Å². The molecule has 7 heteroatoms. The van der Waals surface area contributed by atoms with Gasteiger partial charge in [0.2, 0.25) is 0 Å². The highest BCUT2D eigenvalue weighted by Gasteiger charge is 2.42. The summed E-state index contributed by atoms with van der Waals surface area (Å²) < 4.78 is 15.7. The topological polar surface area (TPSA) is 46.0 Å². The molecule has 4 aromatic rings. The van der Waals surface area contributed by atoms with Crippen LogP contribution in [0.5, 0.6) is 0 Å². The molecule has 0 amide bonds. The van der Waals surface area contributed by atoms with Gasteiger partial charge >= 0.3 is 0 Å². The van der Waals surface area contributed by atoms with E-state index in [0.29, 0.717) is 5.11 Å². The number of aromatic nitrogens is 3. The Labute approximate surface area is 178 Å². The second-order valence-electron chi connectivity index (χ2n) is 6.98. The minimum absolute atomic E-state index is 0.167. The summed E-state index contributed by atoms with van der Waals surface area (Å²) in [4.78, 5) is 10.7. The largest absolute Gasteiger partial charge is 0.351 e. The van der Waals surface area contributed by atoms with E-state index >= 15 is 0 Å². The molecule has 3 aromatic heterocycles. The zero-order valence-electron chi connectivity index (χ0n) is 15.9. The molecule has 0 saturated carbocycles. The molecule has 148 valence electrons. The molecule has 5 rings (SSSR count). The zero-order valence-corrected chi connectivity index (χ0v) is 16.7. The van der Waals surface area contributed by atoms with Crippen LogP contribution in [0.3, 0.4) is 0 Å². The predicted molar refractivity (Wildman–Crippen MR) is 118 cm³/mol. The number of hydrogen-bond acceptors (Lipinski definition) is 3. The van der Waals surface area contributed by atoms with E-state index in [4.69, 9.17) is 12.2 Å². The van der Waals surface area contributed by atoms with Gasteiger partial charge in [0.25, 0.3) is 0 Å². The van der Waals surface area contributed by atoms with Crippen LogP contribution in [-0.4, -0.2) is 19.6 Å². The lowest BCUT2D eigenvalue weighted by molar-refractivity contribution is 0.549. The summed E-state index contributed by atoms with van der Waals surface area (Å²) >= 11 is 5.72. The van der Waals surface area contributed by atoms with Crippen molar-refractivity contribution in [1.29, 1.82) is 0 Å². The standard InChI is InChI=1S/C23H18FN5S/c24-16-6-8-18(9-7-16)29-22(21(27-23(29)30)19-4-1-2-12-26-19)20-5-3-15-28(20)17-10-13-25-14-11-17/h1-15,21-22H,(H,27,30)/t21-,22-/m1/s1. The third-order valence-corrected chi connectivity index (χ3v) is 5.54. The van der Waals surface area contributed by atoms with Gasteiger partial charge in [-0.15, -0.1) is 0 Å². The fourth-order valence-electron chi connectivity index (χ4n) is 3.91. The predicted octanol–water partition coefficient (Wildman–Crippen LogP) is 4.58. The highest BCUT2D eigenvalue weighted by molar-refractivity contribution is 7.80. The van der Waals surface area contributed by atoms with Gasteiger partial charge in [0.1, 0.15) is 11.9 Å². The molecule has 0 spiro atoms. The second-order valence-corrected chi connectivity index (χ2v) is 7.37.